The second kappa shape index (κ2) is 9.12. The lowest BCUT2D eigenvalue weighted by Crippen LogP contribution is -2.38. The molecule has 23 heavy (non-hydrogen) atoms. The van der Waals surface area contributed by atoms with Crippen LogP contribution < -0.4 is 11.1 Å². The summed E-state index contributed by atoms with van der Waals surface area (Å²) in [5.74, 6) is 0.0931. The maximum Gasteiger partial charge on any atom is 0.224 e. The molecule has 0 saturated carbocycles. The normalized spacial score (nSPS) is 16.0. The number of aliphatic imine (C=N–C) groups is 1. The molecule has 1 amide bonds. The first-order valence-electron chi connectivity index (χ1n) is 8.21. The molecule has 3 N–H and O–H groups in total. The number of nitrogens with zero attached hydrogens (tertiary/aromatic N) is 2. The van der Waals surface area contributed by atoms with E-state index < -0.39 is 0 Å². The first-order valence-corrected chi connectivity index (χ1v) is 8.21. The number of hydrogen-bond acceptors (Lipinski definition) is 2. The highest BCUT2D eigenvalue weighted by molar-refractivity contribution is 5.79. The van der Waals surface area contributed by atoms with Crippen LogP contribution in [0.3, 0.4) is 0 Å². The average Bonchev–Trinajstić information content (AvgIpc) is 2.80. The highest BCUT2D eigenvalue weighted by Gasteiger charge is 2.10. The third-order valence-corrected chi connectivity index (χ3v) is 3.89. The van der Waals surface area contributed by atoms with E-state index in [1.165, 1.54) is 25.0 Å². The van der Waals surface area contributed by atoms with Crippen LogP contribution in [0.5, 0.6) is 0 Å². The minimum atomic E-state index is -0.329. The highest BCUT2D eigenvalue weighted by Crippen LogP contribution is 2.09. The molecule has 1 aliphatic heterocycles. The van der Waals surface area contributed by atoms with Crippen molar-refractivity contribution in [3.8, 4) is 0 Å². The second-order valence-electron chi connectivity index (χ2n) is 5.80. The number of hydrogen-bond donors (Lipinski definition) is 2. The molecule has 0 atom stereocenters. The number of guanidine groups is 1. The van der Waals surface area contributed by atoms with Gasteiger partial charge in [0.05, 0.1) is 13.0 Å². The Labute approximate surface area is 136 Å². The van der Waals surface area contributed by atoms with Crippen LogP contribution in [0, 0.1) is 5.82 Å². The molecule has 1 aromatic carbocycles. The van der Waals surface area contributed by atoms with E-state index in [9.17, 15) is 9.18 Å². The van der Waals surface area contributed by atoms with E-state index in [-0.39, 0.29) is 18.1 Å². The number of carbonyl (C=O) groups is 1. The van der Waals surface area contributed by atoms with Crippen LogP contribution in [0.1, 0.15) is 31.2 Å². The molecule has 0 aliphatic carbocycles. The Bertz CT molecular complexity index is 539. The lowest BCUT2D eigenvalue weighted by molar-refractivity contribution is -0.120. The van der Waals surface area contributed by atoms with Gasteiger partial charge in [-0.1, -0.05) is 25.0 Å². The number of rotatable bonds is 5. The van der Waals surface area contributed by atoms with Crippen molar-refractivity contribution in [3.63, 3.8) is 0 Å². The van der Waals surface area contributed by atoms with Gasteiger partial charge in [-0.2, -0.15) is 0 Å². The van der Waals surface area contributed by atoms with E-state index in [0.29, 0.717) is 24.6 Å². The topological polar surface area (TPSA) is 70.7 Å². The maximum atomic E-state index is 13.1. The van der Waals surface area contributed by atoms with Crippen LogP contribution in [0.2, 0.25) is 0 Å². The summed E-state index contributed by atoms with van der Waals surface area (Å²) in [7, 11) is 0. The zero-order valence-corrected chi connectivity index (χ0v) is 13.4. The van der Waals surface area contributed by atoms with Gasteiger partial charge >= 0.3 is 0 Å². The van der Waals surface area contributed by atoms with Crippen molar-refractivity contribution in [2.45, 2.75) is 32.1 Å². The first kappa shape index (κ1) is 17.2. The standard InChI is InChI=1S/C17H25FN4O/c18-15-7-5-6-14(12-15)13-16(23)20-8-9-21-17(19)22-10-3-1-2-4-11-22/h5-7,12H,1-4,8-11,13H2,(H2,19,21)(H,20,23). The van der Waals surface area contributed by atoms with Gasteiger partial charge in [0.2, 0.25) is 5.91 Å². The van der Waals surface area contributed by atoms with Gasteiger partial charge in [-0.05, 0) is 30.5 Å². The smallest absolute Gasteiger partial charge is 0.224 e. The van der Waals surface area contributed by atoms with Crippen molar-refractivity contribution in [1.82, 2.24) is 10.2 Å². The monoisotopic (exact) mass is 320 g/mol. The first-order chi connectivity index (χ1) is 11.1. The number of nitrogens with one attached hydrogen (secondary N) is 1. The van der Waals surface area contributed by atoms with Crippen molar-refractivity contribution in [2.24, 2.45) is 10.7 Å². The van der Waals surface area contributed by atoms with Crippen molar-refractivity contribution in [3.05, 3.63) is 35.6 Å². The van der Waals surface area contributed by atoms with Gasteiger partial charge in [-0.3, -0.25) is 9.79 Å². The predicted octanol–water partition coefficient (Wildman–Crippen LogP) is 1.68. The summed E-state index contributed by atoms with van der Waals surface area (Å²) in [5.41, 5.74) is 6.66. The predicted molar refractivity (Wildman–Crippen MR) is 89.6 cm³/mol. The van der Waals surface area contributed by atoms with Gasteiger partial charge < -0.3 is 16.0 Å². The third-order valence-electron chi connectivity index (χ3n) is 3.89. The minimum absolute atomic E-state index is 0.140. The summed E-state index contributed by atoms with van der Waals surface area (Å²) in [4.78, 5) is 18.2. The van der Waals surface area contributed by atoms with Gasteiger partial charge in [0.15, 0.2) is 5.96 Å². The Kier molecular flexibility index (Phi) is 6.84. The van der Waals surface area contributed by atoms with Crippen LogP contribution in [0.15, 0.2) is 29.3 Å². The molecule has 2 rings (SSSR count). The lowest BCUT2D eigenvalue weighted by Gasteiger charge is -2.21. The van der Waals surface area contributed by atoms with Crippen LogP contribution in [0.25, 0.3) is 0 Å². The molecule has 1 aliphatic rings. The van der Waals surface area contributed by atoms with Crippen molar-refractivity contribution >= 4 is 11.9 Å². The number of carbonyl (C=O) groups excluding carboxylic acids is 1. The summed E-state index contributed by atoms with van der Waals surface area (Å²) in [6, 6.07) is 6.07. The van der Waals surface area contributed by atoms with Gasteiger partial charge in [0, 0.05) is 19.6 Å². The summed E-state index contributed by atoms with van der Waals surface area (Å²) in [6.07, 6.45) is 4.98. The quantitative estimate of drug-likeness (QED) is 0.492. The van der Waals surface area contributed by atoms with Crippen LogP contribution in [-0.4, -0.2) is 42.9 Å². The van der Waals surface area contributed by atoms with Gasteiger partial charge in [0.1, 0.15) is 5.82 Å². The van der Waals surface area contributed by atoms with Gasteiger partial charge in [-0.25, -0.2) is 4.39 Å². The maximum absolute atomic E-state index is 13.1. The minimum Gasteiger partial charge on any atom is -0.370 e. The van der Waals surface area contributed by atoms with E-state index >= 15 is 0 Å². The third kappa shape index (κ3) is 6.26. The molecule has 1 aromatic rings. The average molecular weight is 320 g/mol. The highest BCUT2D eigenvalue weighted by atomic mass is 19.1. The van der Waals surface area contributed by atoms with Crippen molar-refractivity contribution in [1.29, 1.82) is 0 Å². The number of amides is 1. The molecular weight excluding hydrogens is 295 g/mol. The van der Waals surface area contributed by atoms with Gasteiger partial charge in [-0.15, -0.1) is 0 Å². The fourth-order valence-corrected chi connectivity index (χ4v) is 2.66. The largest absolute Gasteiger partial charge is 0.370 e. The summed E-state index contributed by atoms with van der Waals surface area (Å²) < 4.78 is 13.1. The van der Waals surface area contributed by atoms with Gasteiger partial charge in [0.25, 0.3) is 0 Å². The summed E-state index contributed by atoms with van der Waals surface area (Å²) in [5, 5.41) is 2.78. The number of benzene rings is 1. The Morgan fingerprint density at radius 3 is 2.70 bits per heavy atom. The molecule has 5 nitrogen and oxygen atoms in total. The van der Waals surface area contributed by atoms with Crippen LogP contribution in [0.4, 0.5) is 4.39 Å². The Morgan fingerprint density at radius 1 is 1.26 bits per heavy atom. The Morgan fingerprint density at radius 2 is 2.00 bits per heavy atom. The van der Waals surface area contributed by atoms with E-state index in [2.05, 4.69) is 15.2 Å². The molecule has 6 heteroatoms. The number of likely N-dealkylation sites (tertiary alicyclic amines) is 1. The van der Waals surface area contributed by atoms with Crippen molar-refractivity contribution in [2.75, 3.05) is 26.2 Å². The van der Waals surface area contributed by atoms with Crippen molar-refractivity contribution < 1.29 is 9.18 Å². The lowest BCUT2D eigenvalue weighted by atomic mass is 10.1. The van der Waals surface area contributed by atoms with E-state index in [1.807, 2.05) is 0 Å². The molecule has 0 radical (unpaired) electrons. The SMILES string of the molecule is NC(=NCCNC(=O)Cc1cccc(F)c1)N1CCCCCC1. The van der Waals surface area contributed by atoms with E-state index in [4.69, 9.17) is 5.73 Å². The molecule has 1 saturated heterocycles. The number of halogens is 1. The van der Waals surface area contributed by atoms with Crippen LogP contribution in [-0.2, 0) is 11.2 Å². The van der Waals surface area contributed by atoms with E-state index in [1.54, 1.807) is 12.1 Å². The molecule has 1 fully saturated rings. The number of nitrogens with two attached hydrogens (primary N) is 1. The molecule has 0 bridgehead atoms. The molecule has 0 unspecified atom stereocenters. The zero-order chi connectivity index (χ0) is 16.5. The molecular formula is C17H25FN4O. The Hall–Kier alpha value is -2.11. The summed E-state index contributed by atoms with van der Waals surface area (Å²) >= 11 is 0. The molecule has 126 valence electrons. The fraction of sp³-hybridized carbons (Fsp3) is 0.529. The Balaban J connectivity index is 1.69. The fourth-order valence-electron chi connectivity index (χ4n) is 2.66. The molecule has 1 heterocycles. The second-order valence-corrected chi connectivity index (χ2v) is 5.80. The molecule has 0 aromatic heterocycles. The van der Waals surface area contributed by atoms with E-state index in [0.717, 1.165) is 25.9 Å². The molecule has 0 spiro atoms. The zero-order valence-electron chi connectivity index (χ0n) is 13.4. The van der Waals surface area contributed by atoms with Crippen LogP contribution >= 0.6 is 0 Å². The summed E-state index contributed by atoms with van der Waals surface area (Å²) in [6.45, 7) is 2.81.